The molecule has 0 aliphatic heterocycles. The monoisotopic (exact) mass is 596 g/mol. The zero-order valence-corrected chi connectivity index (χ0v) is 25.1. The van der Waals surface area contributed by atoms with Crippen LogP contribution >= 0.6 is 0 Å². The number of benzene rings is 2. The van der Waals surface area contributed by atoms with E-state index >= 15 is 0 Å². The van der Waals surface area contributed by atoms with Crippen molar-refractivity contribution in [2.45, 2.75) is 13.1 Å². The lowest BCUT2D eigenvalue weighted by atomic mass is 10.1. The Balaban J connectivity index is 0.940. The standard InChI is InChI=1S/C38H36N4O3/c1-2-6-35(7-3-1)44-26-24-43-25-27-45-36-11-9-31(10-12-36)29-41-20-14-33(15-21-41)34-16-22-42(23-17-34)30-32-13-19-40-38(28-32)37-8-4-5-18-39-37/h1-23,28H,24-27,29-30H2/q+2. The van der Waals surface area contributed by atoms with E-state index in [1.54, 1.807) is 6.20 Å². The van der Waals surface area contributed by atoms with Crippen LogP contribution in [0.5, 0.6) is 11.5 Å². The predicted molar refractivity (Wildman–Crippen MR) is 173 cm³/mol. The molecule has 4 heterocycles. The van der Waals surface area contributed by atoms with Crippen molar-refractivity contribution in [1.29, 1.82) is 0 Å². The molecule has 7 heteroatoms. The number of rotatable bonds is 14. The molecule has 224 valence electrons. The Morgan fingerprint density at radius 3 is 1.67 bits per heavy atom. The van der Waals surface area contributed by atoms with Crippen molar-refractivity contribution in [3.05, 3.63) is 158 Å². The molecule has 7 nitrogen and oxygen atoms in total. The number of pyridine rings is 4. The van der Waals surface area contributed by atoms with E-state index in [0.29, 0.717) is 26.4 Å². The van der Waals surface area contributed by atoms with Crippen LogP contribution in [-0.4, -0.2) is 36.4 Å². The maximum absolute atomic E-state index is 5.83. The molecule has 6 aromatic rings. The first-order valence-electron chi connectivity index (χ1n) is 15.1. The predicted octanol–water partition coefficient (Wildman–Crippen LogP) is 5.96. The van der Waals surface area contributed by atoms with E-state index in [9.17, 15) is 0 Å². The van der Waals surface area contributed by atoms with Crippen LogP contribution in [0.2, 0.25) is 0 Å². The van der Waals surface area contributed by atoms with Gasteiger partial charge >= 0.3 is 0 Å². The number of hydrogen-bond acceptors (Lipinski definition) is 5. The summed E-state index contributed by atoms with van der Waals surface area (Å²) in [6.45, 7) is 3.60. The molecule has 45 heavy (non-hydrogen) atoms. The molecule has 0 N–H and O–H groups in total. The first kappa shape index (κ1) is 29.7. The zero-order chi connectivity index (χ0) is 30.5. The molecule has 0 aliphatic carbocycles. The second-order valence-corrected chi connectivity index (χ2v) is 10.5. The van der Waals surface area contributed by atoms with Gasteiger partial charge in [-0.25, -0.2) is 9.13 Å². The van der Waals surface area contributed by atoms with E-state index in [4.69, 9.17) is 14.2 Å². The molecule has 0 spiro atoms. The van der Waals surface area contributed by atoms with Crippen LogP contribution in [0, 0.1) is 0 Å². The van der Waals surface area contributed by atoms with Crippen LogP contribution in [0.15, 0.2) is 146 Å². The maximum Gasteiger partial charge on any atom is 0.173 e. The minimum atomic E-state index is 0.497. The van der Waals surface area contributed by atoms with Gasteiger partial charge in [-0.3, -0.25) is 9.97 Å². The van der Waals surface area contributed by atoms with Gasteiger partial charge in [0.05, 0.1) is 24.6 Å². The highest BCUT2D eigenvalue weighted by Crippen LogP contribution is 2.18. The van der Waals surface area contributed by atoms with Gasteiger partial charge in [0.2, 0.25) is 0 Å². The van der Waals surface area contributed by atoms with Crippen molar-refractivity contribution in [2.24, 2.45) is 0 Å². The lowest BCUT2D eigenvalue weighted by Gasteiger charge is -2.09. The summed E-state index contributed by atoms with van der Waals surface area (Å²) in [6, 6.07) is 36.6. The number of aromatic nitrogens is 4. The quantitative estimate of drug-likeness (QED) is 0.115. The molecule has 0 saturated heterocycles. The van der Waals surface area contributed by atoms with Crippen LogP contribution in [0.4, 0.5) is 0 Å². The molecular formula is C38H36N4O3+2. The second-order valence-electron chi connectivity index (χ2n) is 10.5. The SMILES string of the molecule is c1ccc(OCCOCCOc2ccc(C[n+]3ccc(-c4cc[n+](Cc5ccnc(-c6ccccn6)c5)cc4)cc3)cc2)cc1. The van der Waals surface area contributed by atoms with E-state index in [1.807, 2.05) is 72.9 Å². The average Bonchev–Trinajstić information content (AvgIpc) is 3.10. The Kier molecular flexibility index (Phi) is 10.1. The third-order valence-corrected chi connectivity index (χ3v) is 7.26. The Bertz CT molecular complexity index is 1750. The largest absolute Gasteiger partial charge is 0.491 e. The number of hydrogen-bond donors (Lipinski definition) is 0. The summed E-state index contributed by atoms with van der Waals surface area (Å²) in [6.07, 6.45) is 12.1. The first-order valence-corrected chi connectivity index (χ1v) is 15.1. The summed E-state index contributed by atoms with van der Waals surface area (Å²) in [4.78, 5) is 8.90. The van der Waals surface area contributed by atoms with Gasteiger partial charge in [0.1, 0.15) is 24.7 Å². The molecular weight excluding hydrogens is 560 g/mol. The molecule has 2 aromatic carbocycles. The van der Waals surface area contributed by atoms with E-state index in [0.717, 1.165) is 36.0 Å². The van der Waals surface area contributed by atoms with Gasteiger partial charge in [-0.1, -0.05) is 24.3 Å². The molecule has 0 aliphatic rings. The Labute approximate surface area is 264 Å². The van der Waals surface area contributed by atoms with Crippen molar-refractivity contribution in [3.8, 4) is 34.0 Å². The highest BCUT2D eigenvalue weighted by Gasteiger charge is 2.09. The highest BCUT2D eigenvalue weighted by atomic mass is 16.5. The minimum absolute atomic E-state index is 0.497. The molecule has 0 radical (unpaired) electrons. The first-order chi connectivity index (χ1) is 22.3. The topological polar surface area (TPSA) is 61.2 Å². The Morgan fingerprint density at radius 2 is 1.04 bits per heavy atom. The molecule has 0 atom stereocenters. The fraction of sp³-hybridized carbons (Fsp3) is 0.158. The van der Waals surface area contributed by atoms with Crippen molar-refractivity contribution in [1.82, 2.24) is 9.97 Å². The molecule has 0 amide bonds. The van der Waals surface area contributed by atoms with Crippen LogP contribution in [0.1, 0.15) is 11.1 Å². The minimum Gasteiger partial charge on any atom is -0.491 e. The van der Waals surface area contributed by atoms with Gasteiger partial charge in [-0.05, 0) is 71.8 Å². The Hall–Kier alpha value is -5.40. The third kappa shape index (κ3) is 8.81. The van der Waals surface area contributed by atoms with Crippen LogP contribution in [0.3, 0.4) is 0 Å². The van der Waals surface area contributed by atoms with Crippen molar-refractivity contribution in [3.63, 3.8) is 0 Å². The molecule has 0 unspecified atom stereocenters. The maximum atomic E-state index is 5.83. The number of para-hydroxylation sites is 1. The van der Waals surface area contributed by atoms with Crippen molar-refractivity contribution in [2.75, 3.05) is 26.4 Å². The third-order valence-electron chi connectivity index (χ3n) is 7.26. The van der Waals surface area contributed by atoms with E-state index < -0.39 is 0 Å². The fourth-order valence-electron chi connectivity index (χ4n) is 4.91. The Morgan fingerprint density at radius 1 is 0.467 bits per heavy atom. The summed E-state index contributed by atoms with van der Waals surface area (Å²) in [5.41, 5.74) is 6.50. The zero-order valence-electron chi connectivity index (χ0n) is 25.1. The van der Waals surface area contributed by atoms with E-state index in [1.165, 1.54) is 22.3 Å². The van der Waals surface area contributed by atoms with Gasteiger partial charge in [0.25, 0.3) is 0 Å². The van der Waals surface area contributed by atoms with Crippen LogP contribution < -0.4 is 18.6 Å². The summed E-state index contributed by atoms with van der Waals surface area (Å²) < 4.78 is 21.4. The van der Waals surface area contributed by atoms with Gasteiger partial charge < -0.3 is 14.2 Å². The number of nitrogens with zero attached hydrogens (tertiary/aromatic N) is 4. The van der Waals surface area contributed by atoms with Crippen LogP contribution in [-0.2, 0) is 17.8 Å². The summed E-state index contributed by atoms with van der Waals surface area (Å²) >= 11 is 0. The summed E-state index contributed by atoms with van der Waals surface area (Å²) in [5.74, 6) is 1.69. The molecule has 0 saturated carbocycles. The van der Waals surface area contributed by atoms with Crippen molar-refractivity contribution < 1.29 is 23.3 Å². The van der Waals surface area contributed by atoms with Gasteiger partial charge in [-0.15, -0.1) is 0 Å². The lowest BCUT2D eigenvalue weighted by Crippen LogP contribution is -2.33. The fourth-order valence-corrected chi connectivity index (χ4v) is 4.91. The van der Waals surface area contributed by atoms with Gasteiger partial charge in [-0.2, -0.15) is 0 Å². The van der Waals surface area contributed by atoms with Gasteiger partial charge in [0, 0.05) is 47.8 Å². The van der Waals surface area contributed by atoms with E-state index in [-0.39, 0.29) is 0 Å². The molecule has 4 aromatic heterocycles. The van der Waals surface area contributed by atoms with E-state index in [2.05, 4.69) is 86.4 Å². The molecule has 6 rings (SSSR count). The average molecular weight is 597 g/mol. The summed E-state index contributed by atoms with van der Waals surface area (Å²) in [7, 11) is 0. The second kappa shape index (κ2) is 15.4. The highest BCUT2D eigenvalue weighted by molar-refractivity contribution is 5.61. The summed E-state index contributed by atoms with van der Waals surface area (Å²) in [5, 5.41) is 0. The lowest BCUT2D eigenvalue weighted by molar-refractivity contribution is -0.688. The molecule has 0 fully saturated rings. The van der Waals surface area contributed by atoms with Gasteiger partial charge in [0.15, 0.2) is 37.9 Å². The molecule has 0 bridgehead atoms. The van der Waals surface area contributed by atoms with Crippen LogP contribution in [0.25, 0.3) is 22.5 Å². The smallest absolute Gasteiger partial charge is 0.173 e. The van der Waals surface area contributed by atoms with Crippen molar-refractivity contribution >= 4 is 0 Å². The normalized spacial score (nSPS) is 10.8. The number of ether oxygens (including phenoxy) is 3.